The summed E-state index contributed by atoms with van der Waals surface area (Å²) >= 11 is 0. The van der Waals surface area contributed by atoms with Crippen molar-refractivity contribution < 1.29 is 5.11 Å². The Morgan fingerprint density at radius 1 is 1.25 bits per heavy atom. The third-order valence-corrected chi connectivity index (χ3v) is 3.32. The summed E-state index contributed by atoms with van der Waals surface area (Å²) in [7, 11) is 0. The van der Waals surface area contributed by atoms with E-state index in [1.54, 1.807) is 0 Å². The van der Waals surface area contributed by atoms with Crippen molar-refractivity contribution in [3.8, 4) is 0 Å². The topological polar surface area (TPSA) is 20.2 Å². The highest BCUT2D eigenvalue weighted by molar-refractivity contribution is 4.77. The smallest absolute Gasteiger partial charge is 0.0433 e. The van der Waals surface area contributed by atoms with Crippen LogP contribution in [0.25, 0.3) is 0 Å². The summed E-state index contributed by atoms with van der Waals surface area (Å²) in [6.45, 7) is 5.02. The predicted octanol–water partition coefficient (Wildman–Crippen LogP) is 2.83. The van der Waals surface area contributed by atoms with E-state index in [0.717, 1.165) is 24.2 Å². The first-order valence-corrected chi connectivity index (χ1v) is 5.36. The summed E-state index contributed by atoms with van der Waals surface area (Å²) in [6, 6.07) is 0. The van der Waals surface area contributed by atoms with Crippen molar-refractivity contribution in [3.05, 3.63) is 0 Å². The lowest BCUT2D eigenvalue weighted by Crippen LogP contribution is -2.24. The SMILES string of the molecule is CC(C)C1CCCCC1CCO. The molecule has 1 fully saturated rings. The molecule has 0 aromatic heterocycles. The second-order valence-corrected chi connectivity index (χ2v) is 4.46. The highest BCUT2D eigenvalue weighted by Crippen LogP contribution is 2.36. The Balaban J connectivity index is 2.42. The average molecular weight is 170 g/mol. The number of hydrogen-bond acceptors (Lipinski definition) is 1. The largest absolute Gasteiger partial charge is 0.396 e. The second-order valence-electron chi connectivity index (χ2n) is 4.46. The molecular formula is C11H22O. The van der Waals surface area contributed by atoms with Gasteiger partial charge in [0.15, 0.2) is 0 Å². The van der Waals surface area contributed by atoms with Gasteiger partial charge in [0.2, 0.25) is 0 Å². The van der Waals surface area contributed by atoms with E-state index < -0.39 is 0 Å². The highest BCUT2D eigenvalue weighted by atomic mass is 16.3. The molecule has 1 heteroatoms. The van der Waals surface area contributed by atoms with Crippen LogP contribution in [-0.2, 0) is 0 Å². The lowest BCUT2D eigenvalue weighted by atomic mass is 9.72. The van der Waals surface area contributed by atoms with E-state index in [4.69, 9.17) is 5.11 Å². The summed E-state index contributed by atoms with van der Waals surface area (Å²) in [5.41, 5.74) is 0. The van der Waals surface area contributed by atoms with Gasteiger partial charge in [0.1, 0.15) is 0 Å². The lowest BCUT2D eigenvalue weighted by molar-refractivity contribution is 0.141. The summed E-state index contributed by atoms with van der Waals surface area (Å²) in [5, 5.41) is 8.92. The van der Waals surface area contributed by atoms with Gasteiger partial charge in [-0.05, 0) is 30.6 Å². The zero-order chi connectivity index (χ0) is 8.97. The minimum Gasteiger partial charge on any atom is -0.396 e. The molecule has 0 radical (unpaired) electrons. The van der Waals surface area contributed by atoms with Crippen LogP contribution in [0.15, 0.2) is 0 Å². The molecule has 1 N–H and O–H groups in total. The third kappa shape index (κ3) is 2.48. The Bertz CT molecular complexity index is 118. The van der Waals surface area contributed by atoms with E-state index >= 15 is 0 Å². The third-order valence-electron chi connectivity index (χ3n) is 3.32. The zero-order valence-corrected chi connectivity index (χ0v) is 8.42. The molecule has 0 aliphatic heterocycles. The molecule has 2 atom stereocenters. The van der Waals surface area contributed by atoms with E-state index in [9.17, 15) is 0 Å². The van der Waals surface area contributed by atoms with Crippen molar-refractivity contribution in [2.45, 2.75) is 46.0 Å². The fourth-order valence-corrected chi connectivity index (χ4v) is 2.64. The molecule has 1 aliphatic carbocycles. The maximum atomic E-state index is 8.92. The van der Waals surface area contributed by atoms with Gasteiger partial charge in [-0.2, -0.15) is 0 Å². The molecule has 0 bridgehead atoms. The van der Waals surface area contributed by atoms with Crippen LogP contribution in [0.2, 0.25) is 0 Å². The van der Waals surface area contributed by atoms with E-state index in [-0.39, 0.29) is 0 Å². The fraction of sp³-hybridized carbons (Fsp3) is 1.00. The summed E-state index contributed by atoms with van der Waals surface area (Å²) < 4.78 is 0. The van der Waals surface area contributed by atoms with Crippen molar-refractivity contribution >= 4 is 0 Å². The van der Waals surface area contributed by atoms with E-state index in [1.807, 2.05) is 0 Å². The molecule has 0 aromatic carbocycles. The molecule has 0 spiro atoms. The predicted molar refractivity (Wildman–Crippen MR) is 52.0 cm³/mol. The van der Waals surface area contributed by atoms with Gasteiger partial charge in [0, 0.05) is 6.61 Å². The van der Waals surface area contributed by atoms with Crippen molar-refractivity contribution in [3.63, 3.8) is 0 Å². The van der Waals surface area contributed by atoms with Gasteiger partial charge in [-0.15, -0.1) is 0 Å². The first-order valence-electron chi connectivity index (χ1n) is 5.36. The normalized spacial score (nSPS) is 31.0. The summed E-state index contributed by atoms with van der Waals surface area (Å²) in [5.74, 6) is 2.50. The van der Waals surface area contributed by atoms with Crippen LogP contribution in [0.4, 0.5) is 0 Å². The molecule has 1 nitrogen and oxygen atoms in total. The maximum Gasteiger partial charge on any atom is 0.0433 e. The van der Waals surface area contributed by atoms with Crippen LogP contribution in [-0.4, -0.2) is 11.7 Å². The van der Waals surface area contributed by atoms with Gasteiger partial charge in [0.25, 0.3) is 0 Å². The first-order chi connectivity index (χ1) is 5.75. The maximum absolute atomic E-state index is 8.92. The zero-order valence-electron chi connectivity index (χ0n) is 8.42. The molecule has 2 unspecified atom stereocenters. The van der Waals surface area contributed by atoms with E-state index in [1.165, 1.54) is 25.7 Å². The van der Waals surface area contributed by atoms with Crippen LogP contribution in [0.1, 0.15) is 46.0 Å². The fourth-order valence-electron chi connectivity index (χ4n) is 2.64. The minimum atomic E-state index is 0.383. The van der Waals surface area contributed by atoms with Crippen LogP contribution in [0.5, 0.6) is 0 Å². The molecular weight excluding hydrogens is 148 g/mol. The molecule has 1 saturated carbocycles. The monoisotopic (exact) mass is 170 g/mol. The second kappa shape index (κ2) is 4.86. The molecule has 0 aromatic rings. The summed E-state index contributed by atoms with van der Waals surface area (Å²) in [4.78, 5) is 0. The number of rotatable bonds is 3. The molecule has 0 saturated heterocycles. The van der Waals surface area contributed by atoms with E-state index in [2.05, 4.69) is 13.8 Å². The van der Waals surface area contributed by atoms with Crippen LogP contribution >= 0.6 is 0 Å². The van der Waals surface area contributed by atoms with Gasteiger partial charge >= 0.3 is 0 Å². The van der Waals surface area contributed by atoms with Crippen molar-refractivity contribution in [2.75, 3.05) is 6.61 Å². The number of aliphatic hydroxyl groups excluding tert-OH is 1. The van der Waals surface area contributed by atoms with Crippen molar-refractivity contribution in [1.29, 1.82) is 0 Å². The highest BCUT2D eigenvalue weighted by Gasteiger charge is 2.26. The molecule has 0 amide bonds. The number of hydrogen-bond donors (Lipinski definition) is 1. The Morgan fingerprint density at radius 2 is 1.92 bits per heavy atom. The molecule has 1 rings (SSSR count). The van der Waals surface area contributed by atoms with Crippen LogP contribution in [0, 0.1) is 17.8 Å². The van der Waals surface area contributed by atoms with Crippen molar-refractivity contribution in [2.24, 2.45) is 17.8 Å². The molecule has 1 aliphatic rings. The van der Waals surface area contributed by atoms with Crippen LogP contribution < -0.4 is 0 Å². The molecule has 0 heterocycles. The number of aliphatic hydroxyl groups is 1. The Morgan fingerprint density at radius 3 is 2.50 bits per heavy atom. The Labute approximate surface area is 76.2 Å². The van der Waals surface area contributed by atoms with Crippen molar-refractivity contribution in [1.82, 2.24) is 0 Å². The Hall–Kier alpha value is -0.0400. The van der Waals surface area contributed by atoms with E-state index in [0.29, 0.717) is 6.61 Å². The first kappa shape index (κ1) is 10.0. The van der Waals surface area contributed by atoms with Gasteiger partial charge in [-0.1, -0.05) is 33.1 Å². The van der Waals surface area contributed by atoms with Gasteiger partial charge in [-0.3, -0.25) is 0 Å². The molecule has 72 valence electrons. The van der Waals surface area contributed by atoms with Crippen LogP contribution in [0.3, 0.4) is 0 Å². The van der Waals surface area contributed by atoms with Gasteiger partial charge in [-0.25, -0.2) is 0 Å². The summed E-state index contributed by atoms with van der Waals surface area (Å²) in [6.07, 6.45) is 6.56. The minimum absolute atomic E-state index is 0.383. The quantitative estimate of drug-likeness (QED) is 0.690. The van der Waals surface area contributed by atoms with Gasteiger partial charge < -0.3 is 5.11 Å². The molecule has 12 heavy (non-hydrogen) atoms. The Kier molecular flexibility index (Phi) is 4.07. The lowest BCUT2D eigenvalue weighted by Gasteiger charge is -2.34. The van der Waals surface area contributed by atoms with Gasteiger partial charge in [0.05, 0.1) is 0 Å². The standard InChI is InChI=1S/C11H22O/c1-9(2)11-6-4-3-5-10(11)7-8-12/h9-12H,3-8H2,1-2H3. The average Bonchev–Trinajstić information content (AvgIpc) is 2.05.